The average Bonchev–Trinajstić information content (AvgIpc) is 2.53. The zero-order valence-electron chi connectivity index (χ0n) is 6.65. The van der Waals surface area contributed by atoms with Crippen molar-refractivity contribution in [2.45, 2.75) is 18.4 Å². The molecule has 0 aliphatic carbocycles. The number of nitrogens with zero attached hydrogens (tertiary/aromatic N) is 1. The van der Waals surface area contributed by atoms with Crippen molar-refractivity contribution >= 4 is 10.1 Å². The molecule has 0 unspecified atom stereocenters. The van der Waals surface area contributed by atoms with Crippen molar-refractivity contribution in [3.8, 4) is 0 Å². The summed E-state index contributed by atoms with van der Waals surface area (Å²) in [5.41, 5.74) is 0. The highest BCUT2D eigenvalue weighted by Gasteiger charge is 2.16. The van der Waals surface area contributed by atoms with Crippen LogP contribution in [-0.2, 0) is 14.3 Å². The van der Waals surface area contributed by atoms with E-state index in [1.807, 2.05) is 6.92 Å². The van der Waals surface area contributed by atoms with Gasteiger partial charge in [-0.05, 0) is 12.5 Å². The molecule has 1 rings (SSSR count). The number of H-pyrrole nitrogens is 1. The standard InChI is InChI=1S/C6H10N2O3S/c1-2-5-11-12(9,10)6-3-4-7-8-6/h3-4H,2,5H2,1H3,(H,7,8). The maximum absolute atomic E-state index is 11.1. The van der Waals surface area contributed by atoms with Crippen molar-refractivity contribution in [1.82, 2.24) is 10.2 Å². The molecule has 0 bridgehead atoms. The number of hydrogen-bond donors (Lipinski definition) is 1. The van der Waals surface area contributed by atoms with E-state index in [2.05, 4.69) is 14.4 Å². The van der Waals surface area contributed by atoms with Gasteiger partial charge >= 0.3 is 10.1 Å². The molecule has 1 N–H and O–H groups in total. The van der Waals surface area contributed by atoms with Crippen LogP contribution in [0, 0.1) is 0 Å². The van der Waals surface area contributed by atoms with Crippen LogP contribution in [0.5, 0.6) is 0 Å². The first-order valence-electron chi connectivity index (χ1n) is 3.56. The van der Waals surface area contributed by atoms with Gasteiger partial charge in [0, 0.05) is 6.20 Å². The molecule has 12 heavy (non-hydrogen) atoms. The maximum atomic E-state index is 11.1. The molecular weight excluding hydrogens is 180 g/mol. The summed E-state index contributed by atoms with van der Waals surface area (Å²) in [6.45, 7) is 2.02. The molecule has 0 amide bonds. The van der Waals surface area contributed by atoms with Gasteiger partial charge in [-0.1, -0.05) is 6.92 Å². The van der Waals surface area contributed by atoms with E-state index < -0.39 is 10.1 Å². The van der Waals surface area contributed by atoms with Crippen LogP contribution in [0.4, 0.5) is 0 Å². The summed E-state index contributed by atoms with van der Waals surface area (Å²) in [4.78, 5) is 0. The maximum Gasteiger partial charge on any atom is 0.316 e. The lowest BCUT2D eigenvalue weighted by Crippen LogP contribution is -2.07. The van der Waals surface area contributed by atoms with Crippen LogP contribution in [0.25, 0.3) is 0 Å². The number of rotatable bonds is 4. The lowest BCUT2D eigenvalue weighted by molar-refractivity contribution is 0.316. The lowest BCUT2D eigenvalue weighted by atomic mass is 10.5. The van der Waals surface area contributed by atoms with Gasteiger partial charge in [-0.15, -0.1) is 0 Å². The van der Waals surface area contributed by atoms with Crippen LogP contribution in [0.3, 0.4) is 0 Å². The van der Waals surface area contributed by atoms with Crippen LogP contribution in [0.15, 0.2) is 17.3 Å². The topological polar surface area (TPSA) is 72.1 Å². The summed E-state index contributed by atoms with van der Waals surface area (Å²) >= 11 is 0. The van der Waals surface area contributed by atoms with Gasteiger partial charge in [-0.3, -0.25) is 9.28 Å². The zero-order chi connectivity index (χ0) is 9.03. The van der Waals surface area contributed by atoms with E-state index in [0.29, 0.717) is 6.42 Å². The molecule has 0 spiro atoms. The van der Waals surface area contributed by atoms with Gasteiger partial charge in [-0.2, -0.15) is 13.5 Å². The molecule has 0 saturated heterocycles. The van der Waals surface area contributed by atoms with Crippen molar-refractivity contribution in [1.29, 1.82) is 0 Å². The van der Waals surface area contributed by atoms with E-state index in [-0.39, 0.29) is 11.6 Å². The minimum absolute atomic E-state index is 0.0732. The summed E-state index contributed by atoms with van der Waals surface area (Å²) < 4.78 is 26.9. The molecule has 6 heteroatoms. The summed E-state index contributed by atoms with van der Waals surface area (Å²) in [6, 6.07) is 1.35. The third-order valence-electron chi connectivity index (χ3n) is 1.17. The van der Waals surface area contributed by atoms with Gasteiger partial charge < -0.3 is 0 Å². The second-order valence-electron chi connectivity index (χ2n) is 2.19. The van der Waals surface area contributed by atoms with Gasteiger partial charge in [-0.25, -0.2) is 0 Å². The third kappa shape index (κ3) is 2.05. The Labute approximate surface area is 70.9 Å². The van der Waals surface area contributed by atoms with Crippen LogP contribution in [-0.4, -0.2) is 25.2 Å². The normalized spacial score (nSPS) is 11.8. The van der Waals surface area contributed by atoms with E-state index in [0.717, 1.165) is 0 Å². The number of hydrogen-bond acceptors (Lipinski definition) is 4. The minimum atomic E-state index is -3.62. The second-order valence-corrected chi connectivity index (χ2v) is 3.75. The predicted octanol–water partition coefficient (Wildman–Crippen LogP) is 0.525. The number of aromatic amines is 1. The van der Waals surface area contributed by atoms with E-state index in [1.165, 1.54) is 12.3 Å². The third-order valence-corrected chi connectivity index (χ3v) is 2.39. The highest BCUT2D eigenvalue weighted by molar-refractivity contribution is 7.86. The highest BCUT2D eigenvalue weighted by Crippen LogP contribution is 2.07. The van der Waals surface area contributed by atoms with Gasteiger partial charge in [0.15, 0.2) is 0 Å². The molecule has 5 nitrogen and oxygen atoms in total. The van der Waals surface area contributed by atoms with Crippen LogP contribution in [0.1, 0.15) is 13.3 Å². The molecule has 68 valence electrons. The Balaban J connectivity index is 2.74. The largest absolute Gasteiger partial charge is 0.316 e. The molecule has 1 aromatic heterocycles. The average molecular weight is 190 g/mol. The van der Waals surface area contributed by atoms with E-state index in [4.69, 9.17) is 0 Å². The van der Waals surface area contributed by atoms with Gasteiger partial charge in [0.25, 0.3) is 0 Å². The molecule has 0 aliphatic rings. The molecule has 0 atom stereocenters. The van der Waals surface area contributed by atoms with Crippen LogP contribution < -0.4 is 0 Å². The summed E-state index contributed by atoms with van der Waals surface area (Å²) in [6.07, 6.45) is 2.09. The van der Waals surface area contributed by atoms with E-state index in [9.17, 15) is 8.42 Å². The molecular formula is C6H10N2O3S. The summed E-state index contributed by atoms with van der Waals surface area (Å²) in [5.74, 6) is 0. The molecule has 0 fully saturated rings. The van der Waals surface area contributed by atoms with Crippen LogP contribution in [0.2, 0.25) is 0 Å². The van der Waals surface area contributed by atoms with Crippen molar-refractivity contribution in [3.05, 3.63) is 12.3 Å². The van der Waals surface area contributed by atoms with Crippen molar-refractivity contribution in [2.24, 2.45) is 0 Å². The van der Waals surface area contributed by atoms with Gasteiger partial charge in [0.05, 0.1) is 6.61 Å². The predicted molar refractivity (Wildman–Crippen MR) is 42.0 cm³/mol. The molecule has 0 saturated carbocycles. The Kier molecular flexibility index (Phi) is 2.83. The highest BCUT2D eigenvalue weighted by atomic mass is 32.2. The van der Waals surface area contributed by atoms with Crippen molar-refractivity contribution < 1.29 is 12.6 Å². The summed E-state index contributed by atoms with van der Waals surface area (Å²) in [5, 5.41) is 5.83. The van der Waals surface area contributed by atoms with E-state index >= 15 is 0 Å². The van der Waals surface area contributed by atoms with Gasteiger partial charge in [0.1, 0.15) is 0 Å². The van der Waals surface area contributed by atoms with Crippen molar-refractivity contribution in [2.75, 3.05) is 6.61 Å². The first-order chi connectivity index (χ1) is 5.67. The van der Waals surface area contributed by atoms with Gasteiger partial charge in [0.2, 0.25) is 5.03 Å². The Morgan fingerprint density at radius 1 is 1.67 bits per heavy atom. The van der Waals surface area contributed by atoms with E-state index in [1.54, 1.807) is 0 Å². The minimum Gasteiger partial charge on any atom is -0.284 e. The Morgan fingerprint density at radius 3 is 2.92 bits per heavy atom. The fourth-order valence-electron chi connectivity index (χ4n) is 0.639. The number of aromatic nitrogens is 2. The molecule has 0 radical (unpaired) electrons. The quantitative estimate of drug-likeness (QED) is 0.703. The zero-order valence-corrected chi connectivity index (χ0v) is 7.47. The molecule has 0 aromatic carbocycles. The summed E-state index contributed by atoms with van der Waals surface area (Å²) in [7, 11) is -3.62. The molecule has 1 heterocycles. The smallest absolute Gasteiger partial charge is 0.284 e. The molecule has 1 aromatic rings. The fraction of sp³-hybridized carbons (Fsp3) is 0.500. The lowest BCUT2D eigenvalue weighted by Gasteiger charge is -1.98. The Morgan fingerprint density at radius 2 is 2.42 bits per heavy atom. The fourth-order valence-corrected chi connectivity index (χ4v) is 1.55. The first kappa shape index (κ1) is 9.21. The number of nitrogens with one attached hydrogen (secondary N) is 1. The first-order valence-corrected chi connectivity index (χ1v) is 4.97. The monoisotopic (exact) mass is 190 g/mol. The van der Waals surface area contributed by atoms with Crippen LogP contribution >= 0.6 is 0 Å². The SMILES string of the molecule is CCCOS(=O)(=O)c1cc[nH]n1. The Hall–Kier alpha value is -0.880. The molecule has 0 aliphatic heterocycles. The van der Waals surface area contributed by atoms with Crippen molar-refractivity contribution in [3.63, 3.8) is 0 Å². The Bertz CT molecular complexity index is 317. The second kappa shape index (κ2) is 3.68.